The van der Waals surface area contributed by atoms with E-state index in [1.165, 1.54) is 12.1 Å². The van der Waals surface area contributed by atoms with Crippen LogP contribution in [0.3, 0.4) is 0 Å². The van der Waals surface area contributed by atoms with Gasteiger partial charge in [-0.2, -0.15) is 21.6 Å². The Hall–Kier alpha value is -2.50. The summed E-state index contributed by atoms with van der Waals surface area (Å²) in [6.45, 7) is 0. The second-order valence-electron chi connectivity index (χ2n) is 5.70. The molecule has 0 spiro atoms. The molecule has 1 aliphatic rings. The lowest BCUT2D eigenvalue weighted by atomic mass is 9.85. The van der Waals surface area contributed by atoms with Gasteiger partial charge in [-0.25, -0.2) is 9.59 Å². The first-order chi connectivity index (χ1) is 12.5. The number of ether oxygens (including phenoxy) is 2. The number of halogens is 3. The highest BCUT2D eigenvalue weighted by atomic mass is 32.2. The zero-order chi connectivity index (χ0) is 20.5. The normalized spacial score (nSPS) is 16.8. The SMILES string of the molecule is COC(=O)N[C@](C(=O)OC)(c1ccc(OS(=O)(=O)C(F)(F)F)cc1)C1CC1. The third kappa shape index (κ3) is 4.10. The van der Waals surface area contributed by atoms with E-state index in [2.05, 4.69) is 14.2 Å². The minimum atomic E-state index is -5.83. The lowest BCUT2D eigenvalue weighted by molar-refractivity contribution is -0.150. The molecular formula is C15H16F3NO7S. The molecule has 1 aromatic carbocycles. The van der Waals surface area contributed by atoms with Crippen LogP contribution in [0.4, 0.5) is 18.0 Å². The van der Waals surface area contributed by atoms with Crippen molar-refractivity contribution in [1.29, 1.82) is 0 Å². The fourth-order valence-electron chi connectivity index (χ4n) is 2.58. The van der Waals surface area contributed by atoms with Crippen molar-refractivity contribution in [2.75, 3.05) is 14.2 Å². The van der Waals surface area contributed by atoms with Crippen LogP contribution in [0.25, 0.3) is 0 Å². The zero-order valence-electron chi connectivity index (χ0n) is 14.2. The Morgan fingerprint density at radius 1 is 1.07 bits per heavy atom. The number of hydrogen-bond acceptors (Lipinski definition) is 7. The van der Waals surface area contributed by atoms with Gasteiger partial charge in [0.1, 0.15) is 5.75 Å². The van der Waals surface area contributed by atoms with Gasteiger partial charge in [0.05, 0.1) is 14.2 Å². The molecule has 0 radical (unpaired) electrons. The maximum Gasteiger partial charge on any atom is 0.534 e. The summed E-state index contributed by atoms with van der Waals surface area (Å²) in [6.07, 6.45) is 0.256. The average molecular weight is 411 g/mol. The molecule has 0 aromatic heterocycles. The Labute approximate surface area is 152 Å². The lowest BCUT2D eigenvalue weighted by Gasteiger charge is -2.32. The predicted octanol–water partition coefficient (Wildman–Crippen LogP) is 2.05. The molecule has 1 fully saturated rings. The summed E-state index contributed by atoms with van der Waals surface area (Å²) in [4.78, 5) is 24.2. The lowest BCUT2D eigenvalue weighted by Crippen LogP contribution is -2.54. The van der Waals surface area contributed by atoms with Crippen molar-refractivity contribution in [2.45, 2.75) is 23.9 Å². The van der Waals surface area contributed by atoms with E-state index in [1.54, 1.807) is 0 Å². The molecule has 8 nitrogen and oxygen atoms in total. The molecule has 0 heterocycles. The van der Waals surface area contributed by atoms with Crippen LogP contribution in [-0.2, 0) is 29.9 Å². The smallest absolute Gasteiger partial charge is 0.467 e. The van der Waals surface area contributed by atoms with E-state index in [9.17, 15) is 31.2 Å². The van der Waals surface area contributed by atoms with Crippen molar-refractivity contribution in [1.82, 2.24) is 5.32 Å². The van der Waals surface area contributed by atoms with E-state index in [0.29, 0.717) is 12.8 Å². The molecule has 2 rings (SSSR count). The average Bonchev–Trinajstić information content (AvgIpc) is 3.43. The van der Waals surface area contributed by atoms with Gasteiger partial charge in [-0.15, -0.1) is 0 Å². The molecule has 1 amide bonds. The number of benzene rings is 1. The molecule has 0 unspecified atom stereocenters. The summed E-state index contributed by atoms with van der Waals surface area (Å²) in [7, 11) is -3.61. The number of hydrogen-bond donors (Lipinski definition) is 1. The summed E-state index contributed by atoms with van der Waals surface area (Å²) < 4.78 is 72.7. The topological polar surface area (TPSA) is 108 Å². The molecule has 1 aliphatic carbocycles. The Balaban J connectivity index is 2.40. The van der Waals surface area contributed by atoms with Crippen molar-refractivity contribution >= 4 is 22.2 Å². The third-order valence-electron chi connectivity index (χ3n) is 3.98. The number of alkyl carbamates (subject to hydrolysis) is 1. The number of rotatable bonds is 6. The Bertz CT molecular complexity index is 819. The summed E-state index contributed by atoms with van der Waals surface area (Å²) in [5.74, 6) is -1.73. The second-order valence-corrected chi connectivity index (χ2v) is 7.24. The van der Waals surface area contributed by atoms with Crippen LogP contribution in [0.5, 0.6) is 5.75 Å². The molecule has 27 heavy (non-hydrogen) atoms. The molecular weight excluding hydrogens is 395 g/mol. The molecule has 0 aliphatic heterocycles. The first-order valence-corrected chi connectivity index (χ1v) is 8.94. The van der Waals surface area contributed by atoms with Crippen LogP contribution in [0.1, 0.15) is 18.4 Å². The predicted molar refractivity (Wildman–Crippen MR) is 84.0 cm³/mol. The molecule has 0 saturated heterocycles. The van der Waals surface area contributed by atoms with Gasteiger partial charge in [0.2, 0.25) is 0 Å². The highest BCUT2D eigenvalue weighted by Crippen LogP contribution is 2.47. The van der Waals surface area contributed by atoms with Crippen molar-refractivity contribution in [2.24, 2.45) is 5.92 Å². The van der Waals surface area contributed by atoms with Crippen molar-refractivity contribution in [3.8, 4) is 5.75 Å². The van der Waals surface area contributed by atoms with Gasteiger partial charge in [0.15, 0.2) is 5.54 Å². The number of carbonyl (C=O) groups excluding carboxylic acids is 2. The monoisotopic (exact) mass is 411 g/mol. The van der Waals surface area contributed by atoms with Crippen molar-refractivity contribution in [3.05, 3.63) is 29.8 Å². The zero-order valence-corrected chi connectivity index (χ0v) is 15.0. The largest absolute Gasteiger partial charge is 0.534 e. The highest BCUT2D eigenvalue weighted by Gasteiger charge is 2.55. The van der Waals surface area contributed by atoms with Crippen LogP contribution in [0.2, 0.25) is 0 Å². The second kappa shape index (κ2) is 7.25. The van der Waals surface area contributed by atoms with Gasteiger partial charge in [-0.1, -0.05) is 12.1 Å². The van der Waals surface area contributed by atoms with Gasteiger partial charge in [-0.3, -0.25) is 0 Å². The summed E-state index contributed by atoms with van der Waals surface area (Å²) in [5.41, 5.74) is -7.02. The molecule has 150 valence electrons. The number of methoxy groups -OCH3 is 2. The molecule has 0 bridgehead atoms. The Morgan fingerprint density at radius 3 is 2.04 bits per heavy atom. The number of carbonyl (C=O) groups is 2. The highest BCUT2D eigenvalue weighted by molar-refractivity contribution is 7.88. The number of nitrogens with one attached hydrogen (secondary N) is 1. The first-order valence-electron chi connectivity index (χ1n) is 7.53. The fourth-order valence-corrected chi connectivity index (χ4v) is 3.04. The minimum absolute atomic E-state index is 0.180. The Morgan fingerprint density at radius 2 is 1.63 bits per heavy atom. The van der Waals surface area contributed by atoms with Crippen molar-refractivity contribution in [3.63, 3.8) is 0 Å². The summed E-state index contributed by atoms with van der Waals surface area (Å²) in [5, 5.41) is 2.43. The van der Waals surface area contributed by atoms with Crippen LogP contribution in [0, 0.1) is 5.92 Å². The molecule has 1 atom stereocenters. The number of esters is 1. The van der Waals surface area contributed by atoms with Gasteiger partial charge in [-0.05, 0) is 36.5 Å². The van der Waals surface area contributed by atoms with Crippen LogP contribution in [-0.4, -0.2) is 40.2 Å². The maximum atomic E-state index is 12.4. The first kappa shape index (κ1) is 20.8. The van der Waals surface area contributed by atoms with Crippen LogP contribution >= 0.6 is 0 Å². The quantitative estimate of drug-likeness (QED) is 0.434. The number of amides is 1. The van der Waals surface area contributed by atoms with E-state index in [1.807, 2.05) is 0 Å². The van der Waals surface area contributed by atoms with Gasteiger partial charge >= 0.3 is 27.7 Å². The van der Waals surface area contributed by atoms with Gasteiger partial charge < -0.3 is 19.0 Å². The van der Waals surface area contributed by atoms with E-state index >= 15 is 0 Å². The maximum absolute atomic E-state index is 12.4. The van der Waals surface area contributed by atoms with Crippen LogP contribution in [0.15, 0.2) is 24.3 Å². The van der Waals surface area contributed by atoms with Gasteiger partial charge in [0.25, 0.3) is 0 Å². The summed E-state index contributed by atoms with van der Waals surface area (Å²) >= 11 is 0. The molecule has 1 N–H and O–H groups in total. The molecule has 1 saturated carbocycles. The molecule has 1 aromatic rings. The van der Waals surface area contributed by atoms with E-state index in [0.717, 1.165) is 26.4 Å². The van der Waals surface area contributed by atoms with E-state index < -0.39 is 39.0 Å². The van der Waals surface area contributed by atoms with Crippen LogP contribution < -0.4 is 9.50 Å². The van der Waals surface area contributed by atoms with E-state index in [-0.39, 0.29) is 11.5 Å². The standard InChI is InChI=1S/C15H16F3NO7S/c1-24-12(20)14(9-3-4-9,19-13(21)25-2)10-5-7-11(8-6-10)26-27(22,23)15(16,17)18/h5-9H,3-4H2,1-2H3,(H,19,21)/t14-/m0/s1. The summed E-state index contributed by atoms with van der Waals surface area (Å²) in [6, 6.07) is 4.23. The van der Waals surface area contributed by atoms with Gasteiger partial charge in [0, 0.05) is 0 Å². The minimum Gasteiger partial charge on any atom is -0.467 e. The van der Waals surface area contributed by atoms with E-state index in [4.69, 9.17) is 4.74 Å². The Kier molecular flexibility index (Phi) is 5.59. The fraction of sp³-hybridized carbons (Fsp3) is 0.467. The third-order valence-corrected chi connectivity index (χ3v) is 4.96. The number of alkyl halides is 3. The van der Waals surface area contributed by atoms with Crippen molar-refractivity contribution < 1.29 is 44.8 Å². The molecule has 12 heteroatoms.